The molecule has 0 unspecified atom stereocenters. The van der Waals surface area contributed by atoms with E-state index in [-0.39, 0.29) is 11.8 Å². The van der Waals surface area contributed by atoms with Crippen molar-refractivity contribution < 1.29 is 9.59 Å². The molecule has 5 nitrogen and oxygen atoms in total. The van der Waals surface area contributed by atoms with Gasteiger partial charge in [-0.15, -0.1) is 11.3 Å². The van der Waals surface area contributed by atoms with Gasteiger partial charge in [0.25, 0.3) is 5.91 Å². The molecular formula is C23H23N3O2S. The van der Waals surface area contributed by atoms with Crippen LogP contribution in [0.25, 0.3) is 11.3 Å². The lowest BCUT2D eigenvalue weighted by Crippen LogP contribution is -2.28. The number of benzene rings is 2. The minimum absolute atomic E-state index is 0.162. The number of thiazole rings is 1. The van der Waals surface area contributed by atoms with Crippen LogP contribution in [0, 0.1) is 6.92 Å². The van der Waals surface area contributed by atoms with Crippen LogP contribution in [0.1, 0.15) is 41.3 Å². The first-order valence-electron chi connectivity index (χ1n) is 9.82. The van der Waals surface area contributed by atoms with Crippen LogP contribution in [0.4, 0.5) is 10.8 Å². The second-order valence-electron chi connectivity index (χ2n) is 7.25. The molecule has 1 aromatic heterocycles. The van der Waals surface area contributed by atoms with Crippen molar-refractivity contribution in [1.82, 2.24) is 4.98 Å². The van der Waals surface area contributed by atoms with E-state index in [0.717, 1.165) is 41.9 Å². The highest BCUT2D eigenvalue weighted by atomic mass is 32.1. The molecular weight excluding hydrogens is 382 g/mol. The lowest BCUT2D eigenvalue weighted by molar-refractivity contribution is -0.118. The summed E-state index contributed by atoms with van der Waals surface area (Å²) in [6.45, 7) is 4.76. The molecule has 2 aromatic carbocycles. The van der Waals surface area contributed by atoms with Gasteiger partial charge in [-0.25, -0.2) is 4.98 Å². The van der Waals surface area contributed by atoms with Crippen molar-refractivity contribution >= 4 is 34.0 Å². The van der Waals surface area contributed by atoms with E-state index < -0.39 is 0 Å². The smallest absolute Gasteiger partial charge is 0.257 e. The van der Waals surface area contributed by atoms with Gasteiger partial charge < -0.3 is 4.90 Å². The molecule has 0 saturated heterocycles. The second kappa shape index (κ2) is 8.17. The van der Waals surface area contributed by atoms with Gasteiger partial charge in [0.05, 0.1) is 5.69 Å². The molecule has 1 aliphatic heterocycles. The van der Waals surface area contributed by atoms with Gasteiger partial charge in [0.15, 0.2) is 5.13 Å². The number of nitrogens with zero attached hydrogens (tertiary/aromatic N) is 2. The lowest BCUT2D eigenvalue weighted by atomic mass is 10.1. The quantitative estimate of drug-likeness (QED) is 0.645. The molecule has 0 spiro atoms. The molecule has 1 N–H and O–H groups in total. The molecule has 4 rings (SSSR count). The Bertz CT molecular complexity index is 1060. The first-order chi connectivity index (χ1) is 14.0. The fourth-order valence-electron chi connectivity index (χ4n) is 3.51. The molecule has 0 aliphatic carbocycles. The van der Waals surface area contributed by atoms with Crippen LogP contribution < -0.4 is 10.2 Å². The van der Waals surface area contributed by atoms with Crippen molar-refractivity contribution in [3.63, 3.8) is 0 Å². The van der Waals surface area contributed by atoms with Crippen molar-refractivity contribution in [3.05, 3.63) is 64.5 Å². The summed E-state index contributed by atoms with van der Waals surface area (Å²) in [7, 11) is 0. The number of fused-ring (bicyclic) bond motifs is 1. The van der Waals surface area contributed by atoms with Gasteiger partial charge in [-0.05, 0) is 49.6 Å². The zero-order valence-corrected chi connectivity index (χ0v) is 17.4. The summed E-state index contributed by atoms with van der Waals surface area (Å²) < 4.78 is 0. The van der Waals surface area contributed by atoms with E-state index >= 15 is 0 Å². The molecule has 29 heavy (non-hydrogen) atoms. The van der Waals surface area contributed by atoms with Crippen molar-refractivity contribution in [2.45, 2.75) is 33.1 Å². The molecule has 0 saturated carbocycles. The number of carbonyl (C=O) groups excluding carboxylic acids is 2. The average Bonchev–Trinajstić information content (AvgIpc) is 3.35. The molecule has 2 amide bonds. The van der Waals surface area contributed by atoms with E-state index in [0.29, 0.717) is 17.1 Å². The zero-order chi connectivity index (χ0) is 20.4. The van der Waals surface area contributed by atoms with Crippen LogP contribution in [-0.2, 0) is 11.2 Å². The number of rotatable bonds is 5. The Morgan fingerprint density at radius 2 is 1.97 bits per heavy atom. The van der Waals surface area contributed by atoms with Gasteiger partial charge >= 0.3 is 0 Å². The Hall–Kier alpha value is -2.99. The number of carbonyl (C=O) groups is 2. The van der Waals surface area contributed by atoms with Gasteiger partial charge in [-0.2, -0.15) is 0 Å². The number of hydrogen-bond donors (Lipinski definition) is 1. The number of anilines is 2. The van der Waals surface area contributed by atoms with E-state index in [1.54, 1.807) is 0 Å². The Morgan fingerprint density at radius 1 is 1.17 bits per heavy atom. The molecule has 0 radical (unpaired) electrons. The van der Waals surface area contributed by atoms with E-state index in [4.69, 9.17) is 0 Å². The van der Waals surface area contributed by atoms with Crippen LogP contribution in [0.3, 0.4) is 0 Å². The van der Waals surface area contributed by atoms with Crippen LogP contribution in [0.15, 0.2) is 47.8 Å². The zero-order valence-electron chi connectivity index (χ0n) is 16.6. The first-order valence-corrected chi connectivity index (χ1v) is 10.7. The van der Waals surface area contributed by atoms with E-state index in [9.17, 15) is 9.59 Å². The van der Waals surface area contributed by atoms with Crippen molar-refractivity contribution in [3.8, 4) is 11.3 Å². The SMILES string of the molecule is CCCC(=O)N1CCc2cc(-c3csc(NC(=O)c4ccc(C)cc4)n3)ccc21. The standard InChI is InChI=1S/C23H23N3O2S/c1-3-4-21(27)26-12-11-18-13-17(9-10-20(18)26)19-14-29-23(24-19)25-22(28)16-7-5-15(2)6-8-16/h5-10,13-14H,3-4,11-12H2,1-2H3,(H,24,25,28). The minimum atomic E-state index is -0.162. The van der Waals surface area contributed by atoms with Crippen LogP contribution in [-0.4, -0.2) is 23.3 Å². The van der Waals surface area contributed by atoms with Crippen LogP contribution in [0.5, 0.6) is 0 Å². The minimum Gasteiger partial charge on any atom is -0.312 e. The summed E-state index contributed by atoms with van der Waals surface area (Å²) in [5.74, 6) is 0.0266. The fraction of sp³-hybridized carbons (Fsp3) is 0.261. The Kier molecular flexibility index (Phi) is 5.45. The number of aromatic nitrogens is 1. The molecule has 0 atom stereocenters. The van der Waals surface area contributed by atoms with Crippen LogP contribution >= 0.6 is 11.3 Å². The summed E-state index contributed by atoms with van der Waals surface area (Å²) in [6.07, 6.45) is 2.30. The summed E-state index contributed by atoms with van der Waals surface area (Å²) in [5, 5.41) is 5.39. The van der Waals surface area contributed by atoms with Crippen LogP contribution in [0.2, 0.25) is 0 Å². The average molecular weight is 406 g/mol. The Balaban J connectivity index is 1.49. The lowest BCUT2D eigenvalue weighted by Gasteiger charge is -2.17. The molecule has 3 aromatic rings. The second-order valence-corrected chi connectivity index (χ2v) is 8.11. The molecule has 0 fully saturated rings. The number of amides is 2. The topological polar surface area (TPSA) is 62.3 Å². The van der Waals surface area contributed by atoms with Crippen molar-refractivity contribution in [2.24, 2.45) is 0 Å². The molecule has 6 heteroatoms. The predicted octanol–water partition coefficient (Wildman–Crippen LogP) is 5.06. The summed E-state index contributed by atoms with van der Waals surface area (Å²) >= 11 is 1.41. The van der Waals surface area contributed by atoms with Gasteiger partial charge in [0, 0.05) is 35.2 Å². The highest BCUT2D eigenvalue weighted by Gasteiger charge is 2.24. The van der Waals surface area contributed by atoms with Crippen molar-refractivity contribution in [1.29, 1.82) is 0 Å². The summed E-state index contributed by atoms with van der Waals surface area (Å²) in [4.78, 5) is 31.1. The van der Waals surface area contributed by atoms with Gasteiger partial charge in [0.2, 0.25) is 5.91 Å². The largest absolute Gasteiger partial charge is 0.312 e. The number of aryl methyl sites for hydroxylation is 1. The Labute approximate surface area is 174 Å². The number of nitrogens with one attached hydrogen (secondary N) is 1. The maximum absolute atomic E-state index is 12.4. The third-order valence-corrected chi connectivity index (χ3v) is 5.83. The molecule has 148 valence electrons. The van der Waals surface area contributed by atoms with Gasteiger partial charge in [-0.1, -0.05) is 30.7 Å². The maximum Gasteiger partial charge on any atom is 0.257 e. The number of hydrogen-bond acceptors (Lipinski definition) is 4. The highest BCUT2D eigenvalue weighted by Crippen LogP contribution is 2.34. The first kappa shape index (κ1) is 19.3. The fourth-order valence-corrected chi connectivity index (χ4v) is 4.22. The van der Waals surface area contributed by atoms with Crippen molar-refractivity contribution in [2.75, 3.05) is 16.8 Å². The molecule has 0 bridgehead atoms. The maximum atomic E-state index is 12.4. The Morgan fingerprint density at radius 3 is 2.72 bits per heavy atom. The van der Waals surface area contributed by atoms with E-state index in [2.05, 4.69) is 16.4 Å². The molecule has 2 heterocycles. The summed E-state index contributed by atoms with van der Waals surface area (Å²) in [6, 6.07) is 13.6. The highest BCUT2D eigenvalue weighted by molar-refractivity contribution is 7.14. The third-order valence-electron chi connectivity index (χ3n) is 5.07. The van der Waals surface area contributed by atoms with Gasteiger partial charge in [-0.3, -0.25) is 14.9 Å². The molecule has 1 aliphatic rings. The predicted molar refractivity (Wildman–Crippen MR) is 118 cm³/mol. The normalized spacial score (nSPS) is 12.7. The van der Waals surface area contributed by atoms with E-state index in [1.165, 1.54) is 16.9 Å². The summed E-state index contributed by atoms with van der Waals surface area (Å²) in [5.41, 5.74) is 5.74. The van der Waals surface area contributed by atoms with E-state index in [1.807, 2.05) is 60.5 Å². The third kappa shape index (κ3) is 4.07. The van der Waals surface area contributed by atoms with Gasteiger partial charge in [0.1, 0.15) is 0 Å². The monoisotopic (exact) mass is 405 g/mol.